The van der Waals surface area contributed by atoms with Crippen LogP contribution in [0.3, 0.4) is 0 Å². The number of hydrogen-bond acceptors (Lipinski definition) is 3. The number of benzene rings is 1. The highest BCUT2D eigenvalue weighted by atomic mass is 19.1. The largest absolute Gasteiger partial charge is 0.465 e. The summed E-state index contributed by atoms with van der Waals surface area (Å²) in [5.74, 6) is -1.08. The minimum absolute atomic E-state index is 0.0405. The molecule has 0 aromatic heterocycles. The van der Waals surface area contributed by atoms with Crippen LogP contribution in [-0.2, 0) is 20.7 Å². The number of hydrogen-bond donors (Lipinski definition) is 0. The van der Waals surface area contributed by atoms with Crippen LogP contribution in [0, 0.1) is 11.2 Å². The van der Waals surface area contributed by atoms with Gasteiger partial charge in [0.15, 0.2) is 5.78 Å². The van der Waals surface area contributed by atoms with Gasteiger partial charge in [-0.1, -0.05) is 12.5 Å². The Morgan fingerprint density at radius 1 is 1.50 bits per heavy atom. The van der Waals surface area contributed by atoms with Crippen molar-refractivity contribution in [2.45, 2.75) is 38.5 Å². The highest BCUT2D eigenvalue weighted by Crippen LogP contribution is 2.49. The summed E-state index contributed by atoms with van der Waals surface area (Å²) >= 11 is 0. The smallest absolute Gasteiger partial charge is 0.319 e. The Kier molecular flexibility index (Phi) is 3.11. The Labute approximate surface area is 117 Å². The number of halogens is 1. The molecule has 20 heavy (non-hydrogen) atoms. The molecule has 1 saturated carbocycles. The Bertz CT molecular complexity index is 581. The molecule has 2 atom stereocenters. The lowest BCUT2D eigenvalue weighted by atomic mass is 9.59. The van der Waals surface area contributed by atoms with Gasteiger partial charge in [-0.05, 0) is 49.4 Å². The first-order chi connectivity index (χ1) is 9.58. The molecule has 0 spiro atoms. The topological polar surface area (TPSA) is 43.4 Å². The maximum atomic E-state index is 13.4. The van der Waals surface area contributed by atoms with Crippen molar-refractivity contribution in [1.82, 2.24) is 0 Å². The summed E-state index contributed by atoms with van der Waals surface area (Å²) in [6, 6.07) is 4.53. The van der Waals surface area contributed by atoms with Crippen molar-refractivity contribution < 1.29 is 18.7 Å². The summed E-state index contributed by atoms with van der Waals surface area (Å²) in [5.41, 5.74) is 0.582. The van der Waals surface area contributed by atoms with E-state index < -0.39 is 11.4 Å². The minimum Gasteiger partial charge on any atom is -0.465 e. The van der Waals surface area contributed by atoms with E-state index >= 15 is 0 Å². The van der Waals surface area contributed by atoms with Crippen molar-refractivity contribution in [3.63, 3.8) is 0 Å². The summed E-state index contributed by atoms with van der Waals surface area (Å²) in [6.45, 7) is 1.99. The van der Waals surface area contributed by atoms with E-state index in [0.717, 1.165) is 24.0 Å². The lowest BCUT2D eigenvalue weighted by Gasteiger charge is -2.42. The number of esters is 1. The highest BCUT2D eigenvalue weighted by Gasteiger charge is 2.55. The average Bonchev–Trinajstić information content (AvgIpc) is 2.40. The third-order valence-electron chi connectivity index (χ3n) is 4.52. The minimum atomic E-state index is -1.08. The van der Waals surface area contributed by atoms with Crippen molar-refractivity contribution in [1.29, 1.82) is 0 Å². The molecule has 2 aliphatic rings. The van der Waals surface area contributed by atoms with Crippen LogP contribution in [0.1, 0.15) is 43.2 Å². The van der Waals surface area contributed by atoms with E-state index in [2.05, 4.69) is 0 Å². The molecule has 0 aliphatic heterocycles. The van der Waals surface area contributed by atoms with Crippen molar-refractivity contribution in [2.24, 2.45) is 5.41 Å². The third-order valence-corrected chi connectivity index (χ3v) is 4.52. The van der Waals surface area contributed by atoms with E-state index in [1.807, 2.05) is 0 Å². The Morgan fingerprint density at radius 3 is 3.05 bits per heavy atom. The molecule has 1 fully saturated rings. The molecule has 4 heteroatoms. The molecule has 2 aliphatic carbocycles. The second-order valence-electron chi connectivity index (χ2n) is 5.63. The van der Waals surface area contributed by atoms with Gasteiger partial charge in [0, 0.05) is 5.92 Å². The van der Waals surface area contributed by atoms with Gasteiger partial charge in [0.1, 0.15) is 11.2 Å². The average molecular weight is 276 g/mol. The van der Waals surface area contributed by atoms with Crippen LogP contribution in [0.5, 0.6) is 0 Å². The molecule has 3 nitrogen and oxygen atoms in total. The molecule has 1 aromatic rings. The lowest BCUT2D eigenvalue weighted by molar-refractivity contribution is -0.163. The fourth-order valence-electron chi connectivity index (χ4n) is 3.60. The lowest BCUT2D eigenvalue weighted by Crippen LogP contribution is -2.50. The molecule has 1 aromatic carbocycles. The van der Waals surface area contributed by atoms with Crippen LogP contribution in [-0.4, -0.2) is 18.4 Å². The van der Waals surface area contributed by atoms with Crippen molar-refractivity contribution in [3.05, 3.63) is 35.1 Å². The van der Waals surface area contributed by atoms with Crippen LogP contribution >= 0.6 is 0 Å². The molecular formula is C16H17FO3. The van der Waals surface area contributed by atoms with E-state index in [1.165, 1.54) is 12.1 Å². The van der Waals surface area contributed by atoms with Gasteiger partial charge in [0.25, 0.3) is 0 Å². The molecule has 0 radical (unpaired) electrons. The van der Waals surface area contributed by atoms with Crippen LogP contribution in [0.2, 0.25) is 0 Å². The van der Waals surface area contributed by atoms with Crippen LogP contribution < -0.4 is 0 Å². The van der Waals surface area contributed by atoms with Crippen molar-refractivity contribution in [3.8, 4) is 0 Å². The zero-order chi connectivity index (χ0) is 14.3. The zero-order valence-corrected chi connectivity index (χ0v) is 11.4. The summed E-state index contributed by atoms with van der Waals surface area (Å²) in [6.07, 6.45) is 2.34. The summed E-state index contributed by atoms with van der Waals surface area (Å²) in [5, 5.41) is 0. The normalized spacial score (nSPS) is 27.9. The Hall–Kier alpha value is -1.71. The number of carbonyl (C=O) groups excluding carboxylic acids is 2. The zero-order valence-electron chi connectivity index (χ0n) is 11.4. The SMILES string of the molecule is CCOC(=O)[C@]12CCC[C@H](C1=O)c1ccc(F)cc1C2. The number of ether oxygens (including phenoxy) is 1. The van der Waals surface area contributed by atoms with Gasteiger partial charge in [-0.15, -0.1) is 0 Å². The van der Waals surface area contributed by atoms with Gasteiger partial charge in [-0.3, -0.25) is 9.59 Å². The summed E-state index contributed by atoms with van der Waals surface area (Å²) in [4.78, 5) is 25.0. The highest BCUT2D eigenvalue weighted by molar-refractivity contribution is 6.08. The molecular weight excluding hydrogens is 259 g/mol. The first kappa shape index (κ1) is 13.3. The number of carbonyl (C=O) groups is 2. The van der Waals surface area contributed by atoms with E-state index in [9.17, 15) is 14.0 Å². The summed E-state index contributed by atoms with van der Waals surface area (Å²) < 4.78 is 18.6. The number of rotatable bonds is 2. The third kappa shape index (κ3) is 1.78. The number of ketones is 1. The van der Waals surface area contributed by atoms with Crippen LogP contribution in [0.4, 0.5) is 4.39 Å². The maximum Gasteiger partial charge on any atom is 0.319 e. The summed E-state index contributed by atoms with van der Waals surface area (Å²) in [7, 11) is 0. The molecule has 0 N–H and O–H groups in total. The fourth-order valence-corrected chi connectivity index (χ4v) is 3.60. The quantitative estimate of drug-likeness (QED) is 0.616. The predicted molar refractivity (Wildman–Crippen MR) is 70.8 cm³/mol. The van der Waals surface area contributed by atoms with Crippen LogP contribution in [0.15, 0.2) is 18.2 Å². The Balaban J connectivity index is 2.09. The van der Waals surface area contributed by atoms with Gasteiger partial charge >= 0.3 is 5.97 Å². The molecule has 2 bridgehead atoms. The second-order valence-corrected chi connectivity index (χ2v) is 5.63. The van der Waals surface area contributed by atoms with Crippen molar-refractivity contribution in [2.75, 3.05) is 6.61 Å². The van der Waals surface area contributed by atoms with E-state index in [4.69, 9.17) is 4.74 Å². The molecule has 3 rings (SSSR count). The van der Waals surface area contributed by atoms with Crippen LogP contribution in [0.25, 0.3) is 0 Å². The number of Topliss-reactive ketones (excluding diaryl/α,β-unsaturated/α-hetero) is 1. The maximum absolute atomic E-state index is 13.4. The van der Waals surface area contributed by atoms with Gasteiger partial charge in [-0.25, -0.2) is 4.39 Å². The van der Waals surface area contributed by atoms with Gasteiger partial charge < -0.3 is 4.74 Å². The van der Waals surface area contributed by atoms with Gasteiger partial charge in [-0.2, -0.15) is 0 Å². The standard InChI is InChI=1S/C16H17FO3/c1-2-20-15(19)16-7-3-4-13(14(16)18)12-6-5-11(17)8-10(12)9-16/h5-6,8,13H,2-4,7,9H2,1H3/t13-,16-/m0/s1. The fraction of sp³-hybridized carbons (Fsp3) is 0.500. The Morgan fingerprint density at radius 2 is 2.30 bits per heavy atom. The molecule has 0 saturated heterocycles. The molecule has 0 unspecified atom stereocenters. The first-order valence-corrected chi connectivity index (χ1v) is 7.08. The number of fused-ring (bicyclic) bond motifs is 4. The first-order valence-electron chi connectivity index (χ1n) is 7.08. The van der Waals surface area contributed by atoms with Gasteiger partial charge in [0.05, 0.1) is 6.61 Å². The van der Waals surface area contributed by atoms with Crippen molar-refractivity contribution >= 4 is 11.8 Å². The monoisotopic (exact) mass is 276 g/mol. The van der Waals surface area contributed by atoms with E-state index in [-0.39, 0.29) is 30.5 Å². The molecule has 0 heterocycles. The van der Waals surface area contributed by atoms with E-state index in [0.29, 0.717) is 6.42 Å². The predicted octanol–water partition coefficient (Wildman–Crippen LogP) is 2.77. The second kappa shape index (κ2) is 4.69. The molecule has 0 amide bonds. The van der Waals surface area contributed by atoms with Gasteiger partial charge in [0.2, 0.25) is 0 Å². The molecule has 106 valence electrons. The van der Waals surface area contributed by atoms with E-state index in [1.54, 1.807) is 13.0 Å².